The van der Waals surface area contributed by atoms with E-state index in [1.807, 2.05) is 0 Å². The van der Waals surface area contributed by atoms with Crippen molar-refractivity contribution in [2.24, 2.45) is 0 Å². The molecule has 0 spiro atoms. The van der Waals surface area contributed by atoms with Gasteiger partial charge < -0.3 is 0 Å². The fourth-order valence-corrected chi connectivity index (χ4v) is 3.67. The fraction of sp³-hybridized carbons (Fsp3) is 0.833. The van der Waals surface area contributed by atoms with Crippen molar-refractivity contribution in [3.8, 4) is 0 Å². The molecule has 0 fully saturated rings. The number of nitrogens with zero attached hydrogens (tertiary/aromatic N) is 2. The first-order chi connectivity index (χ1) is 12.8. The van der Waals surface area contributed by atoms with Crippen molar-refractivity contribution < 1.29 is 0 Å². The minimum atomic E-state index is 0.958. The molecule has 150 valence electrons. The normalized spacial score (nSPS) is 11.2. The van der Waals surface area contributed by atoms with E-state index in [9.17, 15) is 0 Å². The molecule has 0 radical (unpaired) electrons. The van der Waals surface area contributed by atoms with Gasteiger partial charge in [-0.15, -0.1) is 0 Å². The van der Waals surface area contributed by atoms with Gasteiger partial charge in [-0.1, -0.05) is 85.5 Å². The largest absolute Gasteiger partial charge is 0.238 e. The standard InChI is InChI=1S/C24H44N2/c1-5-9-12-15-18-21-22(19-16-13-10-6-2)25-24(8-4)26-23(21)20-17-14-11-7-3/h5-20H2,1-4H3. The van der Waals surface area contributed by atoms with Crippen LogP contribution in [0.3, 0.4) is 0 Å². The molecule has 26 heavy (non-hydrogen) atoms. The number of rotatable bonds is 16. The SMILES string of the molecule is CCCCCCc1nc(CC)nc(CCCCCC)c1CCCCCC. The number of unbranched alkanes of at least 4 members (excludes halogenated alkanes) is 9. The predicted molar refractivity (Wildman–Crippen MR) is 115 cm³/mol. The molecule has 1 heterocycles. The first kappa shape index (κ1) is 23.1. The van der Waals surface area contributed by atoms with Crippen LogP contribution in [0.25, 0.3) is 0 Å². The highest BCUT2D eigenvalue weighted by molar-refractivity contribution is 5.27. The lowest BCUT2D eigenvalue weighted by Gasteiger charge is -2.16. The van der Waals surface area contributed by atoms with Crippen LogP contribution in [-0.4, -0.2) is 9.97 Å². The highest BCUT2D eigenvalue weighted by Gasteiger charge is 2.13. The van der Waals surface area contributed by atoms with Crippen molar-refractivity contribution in [3.63, 3.8) is 0 Å². The summed E-state index contributed by atoms with van der Waals surface area (Å²) in [7, 11) is 0. The molecule has 0 aliphatic rings. The van der Waals surface area contributed by atoms with Crippen LogP contribution >= 0.6 is 0 Å². The van der Waals surface area contributed by atoms with Crippen molar-refractivity contribution >= 4 is 0 Å². The monoisotopic (exact) mass is 360 g/mol. The maximum absolute atomic E-state index is 4.98. The maximum atomic E-state index is 4.98. The zero-order valence-electron chi connectivity index (χ0n) is 18.2. The first-order valence-electron chi connectivity index (χ1n) is 11.6. The van der Waals surface area contributed by atoms with Gasteiger partial charge in [0.2, 0.25) is 0 Å². The molecule has 0 saturated carbocycles. The van der Waals surface area contributed by atoms with Crippen LogP contribution in [0.4, 0.5) is 0 Å². The van der Waals surface area contributed by atoms with Gasteiger partial charge in [-0.25, -0.2) is 9.97 Å². The van der Waals surface area contributed by atoms with Crippen molar-refractivity contribution in [2.45, 2.75) is 130 Å². The van der Waals surface area contributed by atoms with Crippen LogP contribution in [0.2, 0.25) is 0 Å². The Morgan fingerprint density at radius 3 is 1.31 bits per heavy atom. The molecule has 0 amide bonds. The molecule has 0 N–H and O–H groups in total. The van der Waals surface area contributed by atoms with Crippen molar-refractivity contribution in [1.29, 1.82) is 0 Å². The molecule has 0 aromatic carbocycles. The molecular weight excluding hydrogens is 316 g/mol. The number of aromatic nitrogens is 2. The minimum Gasteiger partial charge on any atom is -0.238 e. The van der Waals surface area contributed by atoms with Crippen LogP contribution in [0, 0.1) is 0 Å². The summed E-state index contributed by atoms with van der Waals surface area (Å²) in [5.74, 6) is 1.07. The molecule has 0 aliphatic heterocycles. The van der Waals surface area contributed by atoms with Crippen molar-refractivity contribution in [3.05, 3.63) is 22.8 Å². The maximum Gasteiger partial charge on any atom is 0.128 e. The molecule has 0 unspecified atom stereocenters. The van der Waals surface area contributed by atoms with E-state index in [0.717, 1.165) is 25.1 Å². The fourth-order valence-electron chi connectivity index (χ4n) is 3.67. The molecular formula is C24H44N2. The molecule has 0 aliphatic carbocycles. The Morgan fingerprint density at radius 2 is 0.923 bits per heavy atom. The third-order valence-corrected chi connectivity index (χ3v) is 5.36. The van der Waals surface area contributed by atoms with Crippen LogP contribution in [0.1, 0.15) is 128 Å². The lowest BCUT2D eigenvalue weighted by atomic mass is 9.96. The van der Waals surface area contributed by atoms with Gasteiger partial charge in [0, 0.05) is 17.8 Å². The quantitative estimate of drug-likeness (QED) is 0.287. The summed E-state index contributed by atoms with van der Waals surface area (Å²) in [4.78, 5) is 9.96. The van der Waals surface area contributed by atoms with E-state index < -0.39 is 0 Å². The highest BCUT2D eigenvalue weighted by atomic mass is 14.9. The van der Waals surface area contributed by atoms with E-state index >= 15 is 0 Å². The average molecular weight is 361 g/mol. The number of hydrogen-bond donors (Lipinski definition) is 0. The summed E-state index contributed by atoms with van der Waals surface area (Å²) in [5.41, 5.74) is 4.29. The van der Waals surface area contributed by atoms with Crippen LogP contribution in [-0.2, 0) is 25.7 Å². The van der Waals surface area contributed by atoms with Crippen LogP contribution in [0.15, 0.2) is 0 Å². The van der Waals surface area contributed by atoms with E-state index in [1.54, 1.807) is 0 Å². The Hall–Kier alpha value is -0.920. The van der Waals surface area contributed by atoms with Gasteiger partial charge in [0.25, 0.3) is 0 Å². The van der Waals surface area contributed by atoms with Crippen LogP contribution in [0.5, 0.6) is 0 Å². The molecule has 0 saturated heterocycles. The smallest absolute Gasteiger partial charge is 0.128 e. The second-order valence-electron chi connectivity index (χ2n) is 7.80. The Labute approximate surface area is 163 Å². The topological polar surface area (TPSA) is 25.8 Å². The van der Waals surface area contributed by atoms with Gasteiger partial charge in [-0.2, -0.15) is 0 Å². The summed E-state index contributed by atoms with van der Waals surface area (Å²) in [6.45, 7) is 9.05. The van der Waals surface area contributed by atoms with Crippen molar-refractivity contribution in [1.82, 2.24) is 9.97 Å². The average Bonchev–Trinajstić information content (AvgIpc) is 2.66. The zero-order chi connectivity index (χ0) is 19.0. The summed E-state index contributed by atoms with van der Waals surface area (Å²) in [5, 5.41) is 0. The van der Waals surface area contributed by atoms with Gasteiger partial charge in [-0.05, 0) is 44.1 Å². The van der Waals surface area contributed by atoms with Gasteiger partial charge in [0.15, 0.2) is 0 Å². The first-order valence-corrected chi connectivity index (χ1v) is 11.6. The van der Waals surface area contributed by atoms with E-state index in [1.165, 1.54) is 100 Å². The molecule has 2 nitrogen and oxygen atoms in total. The lowest BCUT2D eigenvalue weighted by Crippen LogP contribution is -2.11. The molecule has 1 rings (SSSR count). The minimum absolute atomic E-state index is 0.958. The zero-order valence-corrected chi connectivity index (χ0v) is 18.2. The van der Waals surface area contributed by atoms with Crippen LogP contribution < -0.4 is 0 Å². The van der Waals surface area contributed by atoms with E-state index in [4.69, 9.17) is 9.97 Å². The number of aryl methyl sites for hydroxylation is 3. The van der Waals surface area contributed by atoms with Gasteiger partial charge in [0.05, 0.1) is 0 Å². The second kappa shape index (κ2) is 15.2. The van der Waals surface area contributed by atoms with Gasteiger partial charge in [0.1, 0.15) is 5.82 Å². The Morgan fingerprint density at radius 1 is 0.500 bits per heavy atom. The predicted octanol–water partition coefficient (Wildman–Crippen LogP) is 7.41. The Balaban J connectivity index is 2.88. The van der Waals surface area contributed by atoms with Crippen molar-refractivity contribution in [2.75, 3.05) is 0 Å². The second-order valence-corrected chi connectivity index (χ2v) is 7.80. The highest BCUT2D eigenvalue weighted by Crippen LogP contribution is 2.21. The molecule has 0 atom stereocenters. The van der Waals surface area contributed by atoms with E-state index in [-0.39, 0.29) is 0 Å². The third-order valence-electron chi connectivity index (χ3n) is 5.36. The van der Waals surface area contributed by atoms with Gasteiger partial charge >= 0.3 is 0 Å². The molecule has 0 bridgehead atoms. The van der Waals surface area contributed by atoms with Gasteiger partial charge in [-0.3, -0.25) is 0 Å². The van der Waals surface area contributed by atoms with E-state index in [0.29, 0.717) is 0 Å². The summed E-state index contributed by atoms with van der Waals surface area (Å²) in [6, 6.07) is 0. The molecule has 2 heteroatoms. The third kappa shape index (κ3) is 9.14. The summed E-state index contributed by atoms with van der Waals surface area (Å²) >= 11 is 0. The molecule has 1 aromatic heterocycles. The lowest BCUT2D eigenvalue weighted by molar-refractivity contribution is 0.621. The Kier molecular flexibility index (Phi) is 13.5. The molecule has 1 aromatic rings. The summed E-state index contributed by atoms with van der Waals surface area (Å²) in [6.07, 6.45) is 20.3. The summed E-state index contributed by atoms with van der Waals surface area (Å²) < 4.78 is 0. The van der Waals surface area contributed by atoms with E-state index in [2.05, 4.69) is 27.7 Å². The Bertz CT molecular complexity index is 434. The number of hydrogen-bond acceptors (Lipinski definition) is 2.